The normalized spacial score (nSPS) is 20.9. The van der Waals surface area contributed by atoms with Gasteiger partial charge in [-0.25, -0.2) is 4.39 Å². The first kappa shape index (κ1) is 11.1. The van der Waals surface area contributed by atoms with Gasteiger partial charge in [0.1, 0.15) is 5.82 Å². The lowest BCUT2D eigenvalue weighted by Crippen LogP contribution is -2.22. The minimum atomic E-state index is -0.387. The van der Waals surface area contributed by atoms with Gasteiger partial charge >= 0.3 is 0 Å². The molecule has 1 N–H and O–H groups in total. The molecule has 0 radical (unpaired) electrons. The van der Waals surface area contributed by atoms with Gasteiger partial charge in [-0.1, -0.05) is 6.07 Å². The van der Waals surface area contributed by atoms with Crippen LogP contribution in [0, 0.1) is 17.1 Å². The molecule has 1 aliphatic heterocycles. The zero-order valence-corrected chi connectivity index (χ0v) is 8.86. The molecule has 0 aromatic heterocycles. The SMILES string of the molecule is N#Cc1cc(F)ccc1CN1CC[C@@H](O)C1. The summed E-state index contributed by atoms with van der Waals surface area (Å²) >= 11 is 0. The summed E-state index contributed by atoms with van der Waals surface area (Å²) in [6, 6.07) is 6.25. The van der Waals surface area contributed by atoms with E-state index in [0.717, 1.165) is 18.5 Å². The summed E-state index contributed by atoms with van der Waals surface area (Å²) in [5.41, 5.74) is 1.19. The smallest absolute Gasteiger partial charge is 0.124 e. The second kappa shape index (κ2) is 4.60. The van der Waals surface area contributed by atoms with Crippen molar-refractivity contribution in [3.63, 3.8) is 0 Å². The highest BCUT2D eigenvalue weighted by molar-refractivity contribution is 5.37. The Labute approximate surface area is 93.7 Å². The number of β-amino-alcohol motifs (C(OH)–C–C–N with tert-alkyl or cyclic N) is 1. The topological polar surface area (TPSA) is 47.3 Å². The second-order valence-corrected chi connectivity index (χ2v) is 4.09. The Kier molecular flexibility index (Phi) is 3.18. The first-order valence-electron chi connectivity index (χ1n) is 5.28. The monoisotopic (exact) mass is 220 g/mol. The number of aliphatic hydroxyl groups excluding tert-OH is 1. The molecule has 1 saturated heterocycles. The van der Waals surface area contributed by atoms with E-state index in [1.165, 1.54) is 12.1 Å². The van der Waals surface area contributed by atoms with Gasteiger partial charge in [-0.2, -0.15) is 5.26 Å². The average Bonchev–Trinajstić information content (AvgIpc) is 2.67. The molecule has 1 heterocycles. The van der Waals surface area contributed by atoms with Crippen molar-refractivity contribution in [3.8, 4) is 6.07 Å². The minimum absolute atomic E-state index is 0.272. The van der Waals surface area contributed by atoms with Crippen LogP contribution < -0.4 is 0 Å². The molecule has 4 heteroatoms. The van der Waals surface area contributed by atoms with Crippen molar-refractivity contribution in [1.82, 2.24) is 4.90 Å². The van der Waals surface area contributed by atoms with E-state index in [-0.39, 0.29) is 11.9 Å². The van der Waals surface area contributed by atoms with Crippen LogP contribution in [0.5, 0.6) is 0 Å². The number of hydrogen-bond acceptors (Lipinski definition) is 3. The maximum absolute atomic E-state index is 12.9. The number of nitriles is 1. The number of halogens is 1. The molecular weight excluding hydrogens is 207 g/mol. The molecule has 0 bridgehead atoms. The van der Waals surface area contributed by atoms with Crippen molar-refractivity contribution < 1.29 is 9.50 Å². The van der Waals surface area contributed by atoms with Gasteiger partial charge in [0.25, 0.3) is 0 Å². The number of aliphatic hydroxyl groups is 1. The fourth-order valence-corrected chi connectivity index (χ4v) is 1.99. The van der Waals surface area contributed by atoms with Crippen LogP contribution in [0.15, 0.2) is 18.2 Å². The number of benzene rings is 1. The van der Waals surface area contributed by atoms with Gasteiger partial charge in [0.15, 0.2) is 0 Å². The van der Waals surface area contributed by atoms with E-state index in [0.29, 0.717) is 18.7 Å². The molecule has 1 aromatic carbocycles. The standard InChI is InChI=1S/C12H13FN2O/c13-11-2-1-9(10(5-11)6-14)7-15-4-3-12(16)8-15/h1-2,5,12,16H,3-4,7-8H2/t12-/m1/s1. The van der Waals surface area contributed by atoms with Crippen LogP contribution in [-0.2, 0) is 6.54 Å². The Morgan fingerprint density at radius 1 is 1.56 bits per heavy atom. The summed E-state index contributed by atoms with van der Waals surface area (Å²) in [5.74, 6) is -0.387. The number of likely N-dealkylation sites (tertiary alicyclic amines) is 1. The molecule has 1 atom stereocenters. The summed E-state index contributed by atoms with van der Waals surface area (Å²) in [6.07, 6.45) is 0.495. The molecule has 0 saturated carbocycles. The summed E-state index contributed by atoms with van der Waals surface area (Å²) in [7, 11) is 0. The van der Waals surface area contributed by atoms with Crippen molar-refractivity contribution in [2.75, 3.05) is 13.1 Å². The Balaban J connectivity index is 2.12. The fraction of sp³-hybridized carbons (Fsp3) is 0.417. The highest BCUT2D eigenvalue weighted by Crippen LogP contribution is 2.16. The number of nitrogens with zero attached hydrogens (tertiary/aromatic N) is 2. The van der Waals surface area contributed by atoms with Gasteiger partial charge in [-0.3, -0.25) is 4.90 Å². The average molecular weight is 220 g/mol. The van der Waals surface area contributed by atoms with Crippen LogP contribution in [0.3, 0.4) is 0 Å². The predicted octanol–water partition coefficient (Wildman–Crippen LogP) is 1.26. The van der Waals surface area contributed by atoms with E-state index in [2.05, 4.69) is 4.90 Å². The molecule has 3 nitrogen and oxygen atoms in total. The first-order valence-corrected chi connectivity index (χ1v) is 5.28. The molecule has 1 fully saturated rings. The lowest BCUT2D eigenvalue weighted by molar-refractivity contribution is 0.174. The third-order valence-corrected chi connectivity index (χ3v) is 2.83. The van der Waals surface area contributed by atoms with Gasteiger partial charge < -0.3 is 5.11 Å². The van der Waals surface area contributed by atoms with Crippen LogP contribution in [-0.4, -0.2) is 29.2 Å². The van der Waals surface area contributed by atoms with Crippen molar-refractivity contribution in [3.05, 3.63) is 35.1 Å². The first-order chi connectivity index (χ1) is 7.69. The zero-order valence-electron chi connectivity index (χ0n) is 8.86. The van der Waals surface area contributed by atoms with Crippen molar-refractivity contribution >= 4 is 0 Å². The van der Waals surface area contributed by atoms with Crippen LogP contribution in [0.25, 0.3) is 0 Å². The molecular formula is C12H13FN2O. The Bertz CT molecular complexity index is 428. The lowest BCUT2D eigenvalue weighted by atomic mass is 10.1. The minimum Gasteiger partial charge on any atom is -0.392 e. The third kappa shape index (κ3) is 2.38. The highest BCUT2D eigenvalue weighted by atomic mass is 19.1. The van der Waals surface area contributed by atoms with E-state index >= 15 is 0 Å². The summed E-state index contributed by atoms with van der Waals surface area (Å²) < 4.78 is 12.9. The Morgan fingerprint density at radius 3 is 3.00 bits per heavy atom. The van der Waals surface area contributed by atoms with Crippen LogP contribution in [0.1, 0.15) is 17.5 Å². The van der Waals surface area contributed by atoms with Gasteiger partial charge in [0, 0.05) is 19.6 Å². The summed E-state index contributed by atoms with van der Waals surface area (Å²) in [6.45, 7) is 2.05. The van der Waals surface area contributed by atoms with E-state index in [1.807, 2.05) is 6.07 Å². The highest BCUT2D eigenvalue weighted by Gasteiger charge is 2.20. The Hall–Kier alpha value is -1.44. The quantitative estimate of drug-likeness (QED) is 0.816. The van der Waals surface area contributed by atoms with E-state index in [1.54, 1.807) is 6.07 Å². The van der Waals surface area contributed by atoms with E-state index in [4.69, 9.17) is 5.26 Å². The molecule has 16 heavy (non-hydrogen) atoms. The van der Waals surface area contributed by atoms with E-state index in [9.17, 15) is 9.50 Å². The Morgan fingerprint density at radius 2 is 2.38 bits per heavy atom. The van der Waals surface area contributed by atoms with Gasteiger partial charge in [0.05, 0.1) is 17.7 Å². The largest absolute Gasteiger partial charge is 0.392 e. The lowest BCUT2D eigenvalue weighted by Gasteiger charge is -2.15. The molecule has 0 unspecified atom stereocenters. The van der Waals surface area contributed by atoms with Crippen LogP contribution >= 0.6 is 0 Å². The molecule has 2 rings (SSSR count). The van der Waals surface area contributed by atoms with Crippen LogP contribution in [0.4, 0.5) is 4.39 Å². The van der Waals surface area contributed by atoms with Gasteiger partial charge in [0.2, 0.25) is 0 Å². The molecule has 84 valence electrons. The zero-order chi connectivity index (χ0) is 11.5. The maximum atomic E-state index is 12.9. The fourth-order valence-electron chi connectivity index (χ4n) is 1.99. The second-order valence-electron chi connectivity index (χ2n) is 4.09. The van der Waals surface area contributed by atoms with Crippen molar-refractivity contribution in [2.45, 2.75) is 19.1 Å². The molecule has 1 aliphatic rings. The predicted molar refractivity (Wildman–Crippen MR) is 57.0 cm³/mol. The van der Waals surface area contributed by atoms with Crippen molar-refractivity contribution in [1.29, 1.82) is 5.26 Å². The maximum Gasteiger partial charge on any atom is 0.124 e. The van der Waals surface area contributed by atoms with Crippen LogP contribution in [0.2, 0.25) is 0 Å². The van der Waals surface area contributed by atoms with Gasteiger partial charge in [-0.05, 0) is 24.1 Å². The number of hydrogen-bond donors (Lipinski definition) is 1. The molecule has 0 spiro atoms. The molecule has 1 aromatic rings. The van der Waals surface area contributed by atoms with Gasteiger partial charge in [-0.15, -0.1) is 0 Å². The van der Waals surface area contributed by atoms with Crippen molar-refractivity contribution in [2.24, 2.45) is 0 Å². The summed E-state index contributed by atoms with van der Waals surface area (Å²) in [4.78, 5) is 2.07. The summed E-state index contributed by atoms with van der Waals surface area (Å²) in [5, 5.41) is 18.3. The number of rotatable bonds is 2. The van der Waals surface area contributed by atoms with E-state index < -0.39 is 0 Å². The molecule has 0 amide bonds. The third-order valence-electron chi connectivity index (χ3n) is 2.83. The molecule has 0 aliphatic carbocycles.